The van der Waals surface area contributed by atoms with Crippen LogP contribution in [0.15, 0.2) is 73.1 Å². The summed E-state index contributed by atoms with van der Waals surface area (Å²) < 4.78 is 5.35. The van der Waals surface area contributed by atoms with E-state index in [1.807, 2.05) is 18.2 Å². The molecule has 1 aromatic heterocycles. The molecule has 2 heterocycles. The molecule has 1 aliphatic rings. The van der Waals surface area contributed by atoms with Crippen LogP contribution in [0.1, 0.15) is 27.1 Å². The molecule has 1 N–H and O–H groups in total. The standard InChI is InChI=1S/C25H27N5O3/c31-23(26-14-5-15-29-16-18-33-19-17-29)20-8-10-22(11-9-20)30(25-27-12-4-13-28-25)24(32)21-6-2-1-3-7-21/h1-4,6-13H,5,14-19H2,(H,26,31). The molecular weight excluding hydrogens is 418 g/mol. The molecule has 0 radical (unpaired) electrons. The Bertz CT molecular complexity index is 1040. The molecule has 0 aliphatic carbocycles. The van der Waals surface area contributed by atoms with Gasteiger partial charge in [0.15, 0.2) is 0 Å². The van der Waals surface area contributed by atoms with Gasteiger partial charge in [-0.25, -0.2) is 14.9 Å². The number of anilines is 2. The Balaban J connectivity index is 1.41. The second-order valence-corrected chi connectivity index (χ2v) is 7.67. The van der Waals surface area contributed by atoms with E-state index in [0.717, 1.165) is 39.3 Å². The maximum Gasteiger partial charge on any atom is 0.265 e. The van der Waals surface area contributed by atoms with Crippen LogP contribution < -0.4 is 10.2 Å². The third-order valence-corrected chi connectivity index (χ3v) is 5.40. The van der Waals surface area contributed by atoms with Gasteiger partial charge in [-0.2, -0.15) is 0 Å². The minimum Gasteiger partial charge on any atom is -0.379 e. The molecule has 0 bridgehead atoms. The first-order chi connectivity index (χ1) is 16.2. The molecule has 0 spiro atoms. The van der Waals surface area contributed by atoms with Gasteiger partial charge in [-0.15, -0.1) is 0 Å². The lowest BCUT2D eigenvalue weighted by Crippen LogP contribution is -2.38. The Labute approximate surface area is 193 Å². The van der Waals surface area contributed by atoms with Gasteiger partial charge in [0.2, 0.25) is 5.95 Å². The van der Waals surface area contributed by atoms with Crippen molar-refractivity contribution in [3.05, 3.63) is 84.2 Å². The van der Waals surface area contributed by atoms with Gasteiger partial charge in [0.1, 0.15) is 0 Å². The van der Waals surface area contributed by atoms with Gasteiger partial charge in [-0.1, -0.05) is 18.2 Å². The lowest BCUT2D eigenvalue weighted by atomic mass is 10.1. The third kappa shape index (κ3) is 6.00. The second kappa shape index (κ2) is 11.3. The fourth-order valence-corrected chi connectivity index (χ4v) is 3.63. The molecule has 1 saturated heterocycles. The predicted octanol–water partition coefficient (Wildman–Crippen LogP) is 2.91. The first-order valence-electron chi connectivity index (χ1n) is 11.1. The lowest BCUT2D eigenvalue weighted by Gasteiger charge is -2.26. The largest absolute Gasteiger partial charge is 0.379 e. The van der Waals surface area contributed by atoms with E-state index < -0.39 is 0 Å². The molecule has 1 fully saturated rings. The van der Waals surface area contributed by atoms with E-state index in [9.17, 15) is 9.59 Å². The van der Waals surface area contributed by atoms with Gasteiger partial charge < -0.3 is 10.1 Å². The number of morpholine rings is 1. The summed E-state index contributed by atoms with van der Waals surface area (Å²) >= 11 is 0. The zero-order valence-corrected chi connectivity index (χ0v) is 18.4. The SMILES string of the molecule is O=C(NCCCN1CCOCC1)c1ccc(N(C(=O)c2ccccc2)c2ncccn2)cc1. The number of carbonyl (C=O) groups is 2. The van der Waals surface area contributed by atoms with Gasteiger partial charge in [0.05, 0.1) is 18.9 Å². The van der Waals surface area contributed by atoms with Crippen molar-refractivity contribution in [3.63, 3.8) is 0 Å². The highest BCUT2D eigenvalue weighted by atomic mass is 16.5. The van der Waals surface area contributed by atoms with Gasteiger partial charge in [-0.05, 0) is 55.4 Å². The van der Waals surface area contributed by atoms with Crippen LogP contribution >= 0.6 is 0 Å². The molecule has 0 atom stereocenters. The molecule has 170 valence electrons. The Morgan fingerprint density at radius 1 is 0.909 bits per heavy atom. The quantitative estimate of drug-likeness (QED) is 0.537. The predicted molar refractivity (Wildman–Crippen MR) is 126 cm³/mol. The van der Waals surface area contributed by atoms with E-state index in [-0.39, 0.29) is 17.8 Å². The summed E-state index contributed by atoms with van der Waals surface area (Å²) in [4.78, 5) is 38.1. The summed E-state index contributed by atoms with van der Waals surface area (Å²) in [6, 6.07) is 17.6. The van der Waals surface area contributed by atoms with Gasteiger partial charge in [-0.3, -0.25) is 14.5 Å². The summed E-state index contributed by atoms with van der Waals surface area (Å²) in [5, 5.41) is 2.97. The van der Waals surface area contributed by atoms with E-state index >= 15 is 0 Å². The maximum absolute atomic E-state index is 13.2. The van der Waals surface area contributed by atoms with E-state index in [1.54, 1.807) is 54.9 Å². The Hall–Kier alpha value is -3.62. The minimum atomic E-state index is -0.248. The number of ether oxygens (including phenoxy) is 1. The van der Waals surface area contributed by atoms with Crippen molar-refractivity contribution in [2.75, 3.05) is 44.3 Å². The maximum atomic E-state index is 13.2. The number of nitrogens with one attached hydrogen (secondary N) is 1. The molecule has 8 heteroatoms. The topological polar surface area (TPSA) is 87.7 Å². The van der Waals surface area contributed by atoms with Crippen molar-refractivity contribution in [3.8, 4) is 0 Å². The normalized spacial score (nSPS) is 13.9. The molecule has 3 aromatic rings. The summed E-state index contributed by atoms with van der Waals surface area (Å²) in [5.74, 6) is -0.116. The first-order valence-corrected chi connectivity index (χ1v) is 11.1. The van der Waals surface area contributed by atoms with Crippen LogP contribution in [0.2, 0.25) is 0 Å². The highest BCUT2D eigenvalue weighted by Gasteiger charge is 2.22. The van der Waals surface area contributed by atoms with E-state index in [4.69, 9.17) is 4.74 Å². The van der Waals surface area contributed by atoms with Crippen LogP contribution in [0.5, 0.6) is 0 Å². The molecule has 8 nitrogen and oxygen atoms in total. The molecular formula is C25H27N5O3. The lowest BCUT2D eigenvalue weighted by molar-refractivity contribution is 0.0374. The summed E-state index contributed by atoms with van der Waals surface area (Å²) in [6.45, 7) is 4.98. The zero-order chi connectivity index (χ0) is 22.9. The number of hydrogen-bond acceptors (Lipinski definition) is 6. The molecule has 33 heavy (non-hydrogen) atoms. The van der Waals surface area contributed by atoms with Crippen LogP contribution in [0.25, 0.3) is 0 Å². The minimum absolute atomic E-state index is 0.138. The Morgan fingerprint density at radius 2 is 1.61 bits per heavy atom. The molecule has 0 saturated carbocycles. The number of nitrogens with zero attached hydrogens (tertiary/aromatic N) is 4. The van der Waals surface area contributed by atoms with Crippen molar-refractivity contribution in [1.82, 2.24) is 20.2 Å². The van der Waals surface area contributed by atoms with Gasteiger partial charge >= 0.3 is 0 Å². The number of carbonyl (C=O) groups excluding carboxylic acids is 2. The van der Waals surface area contributed by atoms with Crippen molar-refractivity contribution in [2.45, 2.75) is 6.42 Å². The smallest absolute Gasteiger partial charge is 0.265 e. The van der Waals surface area contributed by atoms with E-state index in [2.05, 4.69) is 20.2 Å². The molecule has 2 aromatic carbocycles. The summed E-state index contributed by atoms with van der Waals surface area (Å²) in [6.07, 6.45) is 4.06. The average Bonchev–Trinajstić information content (AvgIpc) is 2.89. The fourth-order valence-electron chi connectivity index (χ4n) is 3.63. The number of rotatable bonds is 8. The average molecular weight is 446 g/mol. The van der Waals surface area contributed by atoms with E-state index in [0.29, 0.717) is 23.4 Å². The summed E-state index contributed by atoms with van der Waals surface area (Å²) in [7, 11) is 0. The van der Waals surface area contributed by atoms with Crippen LogP contribution in [-0.4, -0.2) is 66.1 Å². The Morgan fingerprint density at radius 3 is 2.30 bits per heavy atom. The third-order valence-electron chi connectivity index (χ3n) is 5.40. The highest BCUT2D eigenvalue weighted by Crippen LogP contribution is 2.24. The summed E-state index contributed by atoms with van der Waals surface area (Å²) in [5.41, 5.74) is 1.64. The van der Waals surface area contributed by atoms with Gasteiger partial charge in [0.25, 0.3) is 11.8 Å². The molecule has 2 amide bonds. The van der Waals surface area contributed by atoms with Crippen molar-refractivity contribution >= 4 is 23.5 Å². The Kier molecular flexibility index (Phi) is 7.73. The molecule has 1 aliphatic heterocycles. The number of aromatic nitrogens is 2. The number of hydrogen-bond donors (Lipinski definition) is 1. The second-order valence-electron chi connectivity index (χ2n) is 7.67. The van der Waals surface area contributed by atoms with E-state index in [1.165, 1.54) is 4.90 Å². The fraction of sp³-hybridized carbons (Fsp3) is 0.280. The molecule has 0 unspecified atom stereocenters. The zero-order valence-electron chi connectivity index (χ0n) is 18.4. The van der Waals surface area contributed by atoms with Crippen LogP contribution in [-0.2, 0) is 4.74 Å². The van der Waals surface area contributed by atoms with Crippen molar-refractivity contribution in [2.24, 2.45) is 0 Å². The first kappa shape index (κ1) is 22.6. The highest BCUT2D eigenvalue weighted by molar-refractivity contribution is 6.10. The molecule has 4 rings (SSSR count). The van der Waals surface area contributed by atoms with Crippen LogP contribution in [0.4, 0.5) is 11.6 Å². The van der Waals surface area contributed by atoms with Crippen molar-refractivity contribution < 1.29 is 14.3 Å². The van der Waals surface area contributed by atoms with Crippen LogP contribution in [0, 0.1) is 0 Å². The number of benzene rings is 2. The monoisotopic (exact) mass is 445 g/mol. The van der Waals surface area contributed by atoms with Crippen molar-refractivity contribution in [1.29, 1.82) is 0 Å². The van der Waals surface area contributed by atoms with Crippen LogP contribution in [0.3, 0.4) is 0 Å². The number of amides is 2. The van der Waals surface area contributed by atoms with Gasteiger partial charge in [0, 0.05) is 43.2 Å².